The number of aliphatic hydroxyl groups excluding tert-OH is 1. The van der Waals surface area contributed by atoms with Gasteiger partial charge in [0, 0.05) is 5.92 Å². The Hall–Kier alpha value is -0.630. The normalized spacial score (nSPS) is 42.4. The predicted molar refractivity (Wildman–Crippen MR) is 68.5 cm³/mol. The minimum absolute atomic E-state index is 0.0283. The molecule has 1 saturated carbocycles. The molecule has 2 heteroatoms. The van der Waals surface area contributed by atoms with E-state index in [1.54, 1.807) is 6.08 Å². The van der Waals surface area contributed by atoms with E-state index >= 15 is 0 Å². The molecule has 0 saturated heterocycles. The lowest BCUT2D eigenvalue weighted by Crippen LogP contribution is -2.45. The number of allylic oxidation sites excluding steroid dienone is 1. The number of carbonyl (C=O) groups excluding carboxylic acids is 1. The average molecular weight is 236 g/mol. The molecule has 1 fully saturated rings. The van der Waals surface area contributed by atoms with E-state index < -0.39 is 6.10 Å². The largest absolute Gasteiger partial charge is 0.389 e. The van der Waals surface area contributed by atoms with Gasteiger partial charge in [0.25, 0.3) is 0 Å². The summed E-state index contributed by atoms with van der Waals surface area (Å²) < 4.78 is 0. The molecule has 4 atom stereocenters. The van der Waals surface area contributed by atoms with Crippen molar-refractivity contribution in [2.24, 2.45) is 23.2 Å². The molecule has 0 bridgehead atoms. The molecule has 0 radical (unpaired) electrons. The number of hydrogen-bond donors (Lipinski definition) is 1. The van der Waals surface area contributed by atoms with E-state index in [-0.39, 0.29) is 17.1 Å². The first-order valence-electron chi connectivity index (χ1n) is 6.80. The monoisotopic (exact) mass is 236 g/mol. The maximum absolute atomic E-state index is 12.1. The molecule has 2 rings (SSSR count). The molecule has 0 aliphatic heterocycles. The highest BCUT2D eigenvalue weighted by atomic mass is 16.3. The van der Waals surface area contributed by atoms with Crippen molar-refractivity contribution in [3.63, 3.8) is 0 Å². The van der Waals surface area contributed by atoms with Crippen LogP contribution in [0.1, 0.15) is 47.0 Å². The molecule has 0 spiro atoms. The predicted octanol–water partition coefficient (Wildman–Crippen LogP) is 2.95. The molecule has 2 aliphatic carbocycles. The summed E-state index contributed by atoms with van der Waals surface area (Å²) in [5.74, 6) is 1.31. The van der Waals surface area contributed by atoms with Crippen molar-refractivity contribution in [3.05, 3.63) is 11.6 Å². The van der Waals surface area contributed by atoms with Gasteiger partial charge in [-0.2, -0.15) is 0 Å². The van der Waals surface area contributed by atoms with Gasteiger partial charge in [0.05, 0.1) is 6.10 Å². The van der Waals surface area contributed by atoms with Crippen molar-refractivity contribution >= 4 is 5.78 Å². The van der Waals surface area contributed by atoms with Crippen molar-refractivity contribution in [3.8, 4) is 0 Å². The van der Waals surface area contributed by atoms with Gasteiger partial charge in [-0.1, -0.05) is 27.7 Å². The molecule has 96 valence electrons. The lowest BCUT2D eigenvalue weighted by molar-refractivity contribution is -0.122. The summed E-state index contributed by atoms with van der Waals surface area (Å²) in [6.45, 7) is 8.73. The van der Waals surface area contributed by atoms with Crippen LogP contribution in [-0.2, 0) is 4.79 Å². The summed E-state index contributed by atoms with van der Waals surface area (Å²) >= 11 is 0. The van der Waals surface area contributed by atoms with Gasteiger partial charge in [-0.3, -0.25) is 4.79 Å². The number of aliphatic hydroxyl groups is 1. The molecule has 0 amide bonds. The van der Waals surface area contributed by atoms with Gasteiger partial charge in [0.2, 0.25) is 0 Å². The zero-order chi connectivity index (χ0) is 12.8. The Bertz CT molecular complexity index is 356. The highest BCUT2D eigenvalue weighted by Gasteiger charge is 2.47. The van der Waals surface area contributed by atoms with Crippen LogP contribution in [0.2, 0.25) is 0 Å². The number of ketones is 1. The number of rotatable bonds is 1. The van der Waals surface area contributed by atoms with Gasteiger partial charge in [-0.25, -0.2) is 0 Å². The maximum Gasteiger partial charge on any atom is 0.159 e. The first-order chi connectivity index (χ1) is 7.86. The third-order valence-corrected chi connectivity index (χ3v) is 5.09. The summed E-state index contributed by atoms with van der Waals surface area (Å²) in [7, 11) is 0. The van der Waals surface area contributed by atoms with Crippen LogP contribution in [0, 0.1) is 23.2 Å². The zero-order valence-electron chi connectivity index (χ0n) is 11.4. The van der Waals surface area contributed by atoms with Crippen LogP contribution in [0.5, 0.6) is 0 Å². The highest BCUT2D eigenvalue weighted by molar-refractivity contribution is 5.94. The Morgan fingerprint density at radius 1 is 1.41 bits per heavy atom. The quantitative estimate of drug-likeness (QED) is 0.760. The number of fused-ring (bicyclic) bond motifs is 1. The molecular weight excluding hydrogens is 212 g/mol. The van der Waals surface area contributed by atoms with Crippen LogP contribution in [0.15, 0.2) is 11.6 Å². The van der Waals surface area contributed by atoms with E-state index in [0.29, 0.717) is 11.8 Å². The standard InChI is InChI=1S/C15H24O2/c1-9(2)11-8-15(4)10(3)5-6-13(16)12(15)7-14(11)17/h7,9-11,13,16H,5-6,8H2,1-4H3. The van der Waals surface area contributed by atoms with Crippen LogP contribution in [0.25, 0.3) is 0 Å². The second kappa shape index (κ2) is 4.24. The van der Waals surface area contributed by atoms with Crippen LogP contribution in [0.4, 0.5) is 0 Å². The Kier molecular flexibility index (Phi) is 3.19. The zero-order valence-corrected chi connectivity index (χ0v) is 11.4. The molecule has 17 heavy (non-hydrogen) atoms. The van der Waals surface area contributed by atoms with Gasteiger partial charge >= 0.3 is 0 Å². The summed E-state index contributed by atoms with van der Waals surface area (Å²) in [6.07, 6.45) is 4.14. The third kappa shape index (κ3) is 1.97. The fourth-order valence-corrected chi connectivity index (χ4v) is 3.51. The van der Waals surface area contributed by atoms with Gasteiger partial charge in [-0.15, -0.1) is 0 Å². The molecule has 4 unspecified atom stereocenters. The molecule has 0 aromatic rings. The average Bonchev–Trinajstić information content (AvgIpc) is 2.26. The summed E-state index contributed by atoms with van der Waals surface area (Å²) in [5, 5.41) is 10.1. The van der Waals surface area contributed by atoms with Crippen LogP contribution >= 0.6 is 0 Å². The van der Waals surface area contributed by atoms with Crippen molar-refractivity contribution in [2.45, 2.75) is 53.1 Å². The number of hydrogen-bond acceptors (Lipinski definition) is 2. The summed E-state index contributed by atoms with van der Waals surface area (Å²) in [5.41, 5.74) is 1.03. The topological polar surface area (TPSA) is 37.3 Å². The molecular formula is C15H24O2. The molecule has 1 N–H and O–H groups in total. The highest BCUT2D eigenvalue weighted by Crippen LogP contribution is 2.52. The third-order valence-electron chi connectivity index (χ3n) is 5.09. The van der Waals surface area contributed by atoms with Crippen molar-refractivity contribution in [2.75, 3.05) is 0 Å². The van der Waals surface area contributed by atoms with Crippen molar-refractivity contribution in [1.82, 2.24) is 0 Å². The van der Waals surface area contributed by atoms with E-state index in [0.717, 1.165) is 24.8 Å². The minimum Gasteiger partial charge on any atom is -0.389 e. The van der Waals surface area contributed by atoms with Crippen LogP contribution < -0.4 is 0 Å². The smallest absolute Gasteiger partial charge is 0.159 e. The molecule has 2 nitrogen and oxygen atoms in total. The Morgan fingerprint density at radius 3 is 2.65 bits per heavy atom. The molecule has 0 heterocycles. The Balaban J connectivity index is 2.40. The second-order valence-electron chi connectivity index (χ2n) is 6.47. The van der Waals surface area contributed by atoms with E-state index in [1.165, 1.54) is 0 Å². The van der Waals surface area contributed by atoms with Gasteiger partial charge < -0.3 is 5.11 Å². The SMILES string of the molecule is CC(C)C1CC2(C)C(=CC1=O)C(O)CCC2C. The molecule has 2 aliphatic rings. The van der Waals surface area contributed by atoms with Gasteiger partial charge in [-0.05, 0) is 48.2 Å². The van der Waals surface area contributed by atoms with E-state index in [2.05, 4.69) is 27.7 Å². The van der Waals surface area contributed by atoms with Gasteiger partial charge in [0.1, 0.15) is 0 Å². The van der Waals surface area contributed by atoms with E-state index in [9.17, 15) is 9.90 Å². The first kappa shape index (κ1) is 12.8. The summed E-state index contributed by atoms with van der Waals surface area (Å²) in [6, 6.07) is 0. The van der Waals surface area contributed by atoms with Crippen molar-refractivity contribution in [1.29, 1.82) is 0 Å². The van der Waals surface area contributed by atoms with Gasteiger partial charge in [0.15, 0.2) is 5.78 Å². The fourth-order valence-electron chi connectivity index (χ4n) is 3.51. The maximum atomic E-state index is 12.1. The van der Waals surface area contributed by atoms with Crippen LogP contribution in [-0.4, -0.2) is 17.0 Å². The lowest BCUT2D eigenvalue weighted by Gasteiger charge is -2.48. The first-order valence-corrected chi connectivity index (χ1v) is 6.80. The second-order valence-corrected chi connectivity index (χ2v) is 6.47. The van der Waals surface area contributed by atoms with Crippen LogP contribution in [0.3, 0.4) is 0 Å². The van der Waals surface area contributed by atoms with Crippen molar-refractivity contribution < 1.29 is 9.90 Å². The molecule has 0 aromatic heterocycles. The Labute approximate surface area is 104 Å². The summed E-state index contributed by atoms with van der Waals surface area (Å²) in [4.78, 5) is 12.1. The minimum atomic E-state index is -0.395. The Morgan fingerprint density at radius 2 is 2.06 bits per heavy atom. The molecule has 0 aromatic carbocycles. The lowest BCUT2D eigenvalue weighted by atomic mass is 9.56. The fraction of sp³-hybridized carbons (Fsp3) is 0.800. The van der Waals surface area contributed by atoms with E-state index in [1.807, 2.05) is 0 Å². The number of carbonyl (C=O) groups is 1. The van der Waals surface area contributed by atoms with E-state index in [4.69, 9.17) is 0 Å².